The molecular formula is C50H52N2O3S2. The van der Waals surface area contributed by atoms with Crippen molar-refractivity contribution < 1.29 is 14.3 Å². The molecule has 6 aromatic carbocycles. The summed E-state index contributed by atoms with van der Waals surface area (Å²) in [6.45, 7) is 6.73. The van der Waals surface area contributed by atoms with Crippen molar-refractivity contribution >= 4 is 35.5 Å². The van der Waals surface area contributed by atoms with Gasteiger partial charge in [-0.25, -0.2) is 4.79 Å². The molecule has 0 bridgehead atoms. The lowest BCUT2D eigenvalue weighted by Crippen LogP contribution is -2.39. The van der Waals surface area contributed by atoms with Crippen molar-refractivity contribution in [3.63, 3.8) is 0 Å². The van der Waals surface area contributed by atoms with Gasteiger partial charge in [0, 0.05) is 37.6 Å². The van der Waals surface area contributed by atoms with Crippen LogP contribution in [0.15, 0.2) is 182 Å². The molecule has 2 amide bonds. The summed E-state index contributed by atoms with van der Waals surface area (Å²) in [6, 6.07) is 63.9. The normalized spacial score (nSPS) is 11.8. The number of thioether (sulfide) groups is 2. The summed E-state index contributed by atoms with van der Waals surface area (Å²) in [5.41, 5.74) is 6.46. The van der Waals surface area contributed by atoms with Gasteiger partial charge in [0.15, 0.2) is 0 Å². The van der Waals surface area contributed by atoms with Crippen molar-refractivity contribution in [3.05, 3.63) is 215 Å². The molecule has 6 rings (SSSR count). The van der Waals surface area contributed by atoms with E-state index in [9.17, 15) is 9.59 Å². The molecule has 0 unspecified atom stereocenters. The smallest absolute Gasteiger partial charge is 0.407 e. The maximum Gasteiger partial charge on any atom is 0.407 e. The van der Waals surface area contributed by atoms with Crippen molar-refractivity contribution in [2.75, 3.05) is 31.1 Å². The van der Waals surface area contributed by atoms with Crippen LogP contribution in [0.1, 0.15) is 60.6 Å². The second-order valence-electron chi connectivity index (χ2n) is 14.8. The van der Waals surface area contributed by atoms with Crippen LogP contribution < -0.4 is 5.32 Å². The second kappa shape index (κ2) is 19.8. The van der Waals surface area contributed by atoms with Crippen LogP contribution in [0.2, 0.25) is 0 Å². The Morgan fingerprint density at radius 2 is 0.772 bits per heavy atom. The van der Waals surface area contributed by atoms with Crippen LogP contribution in [0.3, 0.4) is 0 Å². The largest absolute Gasteiger partial charge is 0.444 e. The van der Waals surface area contributed by atoms with Crippen LogP contribution in [-0.2, 0) is 19.0 Å². The highest BCUT2D eigenvalue weighted by Crippen LogP contribution is 2.50. The minimum Gasteiger partial charge on any atom is -0.444 e. The molecule has 0 radical (unpaired) electrons. The van der Waals surface area contributed by atoms with E-state index in [0.29, 0.717) is 24.6 Å². The summed E-state index contributed by atoms with van der Waals surface area (Å²) < 4.78 is 4.44. The molecule has 5 nitrogen and oxygen atoms in total. The van der Waals surface area contributed by atoms with Crippen LogP contribution in [0.5, 0.6) is 0 Å². The van der Waals surface area contributed by atoms with Crippen LogP contribution in [-0.4, -0.2) is 53.6 Å². The second-order valence-corrected chi connectivity index (χ2v) is 17.4. The quantitative estimate of drug-likeness (QED) is 0.0932. The van der Waals surface area contributed by atoms with E-state index < -0.39 is 21.2 Å². The lowest BCUT2D eigenvalue weighted by Gasteiger charge is -2.37. The average Bonchev–Trinajstić information content (AvgIpc) is 3.24. The predicted molar refractivity (Wildman–Crippen MR) is 239 cm³/mol. The van der Waals surface area contributed by atoms with Gasteiger partial charge in [-0.3, -0.25) is 4.79 Å². The molecule has 0 atom stereocenters. The number of alkyl carbamates (subject to hydrolysis) is 1. The number of carbonyl (C=O) groups excluding carboxylic acids is 2. The van der Waals surface area contributed by atoms with Crippen LogP contribution in [0, 0.1) is 0 Å². The molecule has 0 aliphatic heterocycles. The number of nitrogens with zero attached hydrogens (tertiary/aromatic N) is 1. The van der Waals surface area contributed by atoms with Crippen LogP contribution >= 0.6 is 23.5 Å². The highest BCUT2D eigenvalue weighted by Gasteiger charge is 2.38. The van der Waals surface area contributed by atoms with E-state index in [1.54, 1.807) is 0 Å². The zero-order valence-corrected chi connectivity index (χ0v) is 34.7. The summed E-state index contributed by atoms with van der Waals surface area (Å²) in [5.74, 6) is 1.34. The van der Waals surface area contributed by atoms with Gasteiger partial charge in [0.05, 0.1) is 9.49 Å². The van der Waals surface area contributed by atoms with Gasteiger partial charge in [-0.2, -0.15) is 0 Å². The van der Waals surface area contributed by atoms with Gasteiger partial charge < -0.3 is 15.0 Å². The lowest BCUT2D eigenvalue weighted by atomic mass is 9.84. The number of hydrogen-bond donors (Lipinski definition) is 1. The van der Waals surface area contributed by atoms with Gasteiger partial charge in [0.25, 0.3) is 0 Å². The van der Waals surface area contributed by atoms with Gasteiger partial charge in [-0.05, 0) is 54.2 Å². The average molecular weight is 793 g/mol. The molecule has 0 saturated carbocycles. The molecule has 1 N–H and O–H groups in total. The zero-order valence-electron chi connectivity index (χ0n) is 33.1. The highest BCUT2D eigenvalue weighted by molar-refractivity contribution is 8.00. The Bertz CT molecular complexity index is 1790. The Hall–Kier alpha value is -5.24. The van der Waals surface area contributed by atoms with Gasteiger partial charge in [-0.15, -0.1) is 23.5 Å². The van der Waals surface area contributed by atoms with Crippen molar-refractivity contribution in [1.82, 2.24) is 10.2 Å². The van der Waals surface area contributed by atoms with Crippen LogP contribution in [0.25, 0.3) is 0 Å². The van der Waals surface area contributed by atoms with E-state index in [0.717, 1.165) is 0 Å². The number of rotatable bonds is 17. The molecular weight excluding hydrogens is 741 g/mol. The van der Waals surface area contributed by atoms with Gasteiger partial charge in [0.1, 0.15) is 5.60 Å². The summed E-state index contributed by atoms with van der Waals surface area (Å²) in [7, 11) is 0. The third-order valence-electron chi connectivity index (χ3n) is 9.80. The van der Waals surface area contributed by atoms with E-state index in [4.69, 9.17) is 4.74 Å². The van der Waals surface area contributed by atoms with E-state index in [-0.39, 0.29) is 18.9 Å². The van der Waals surface area contributed by atoms with Gasteiger partial charge in [0.2, 0.25) is 5.91 Å². The monoisotopic (exact) mass is 792 g/mol. The lowest BCUT2D eigenvalue weighted by molar-refractivity contribution is -0.130. The Kier molecular flexibility index (Phi) is 14.3. The van der Waals surface area contributed by atoms with E-state index in [1.807, 2.05) is 49.2 Å². The minimum atomic E-state index is -0.625. The third kappa shape index (κ3) is 10.4. The number of ether oxygens (including phenoxy) is 1. The molecule has 0 fully saturated rings. The van der Waals surface area contributed by atoms with Gasteiger partial charge in [-0.1, -0.05) is 182 Å². The first-order chi connectivity index (χ1) is 27.7. The molecule has 0 spiro atoms. The predicted octanol–water partition coefficient (Wildman–Crippen LogP) is 11.2. The topological polar surface area (TPSA) is 58.6 Å². The SMILES string of the molecule is CC(C)(C)OC(=O)NCCC(=O)N(CCSC(c1ccccc1)(c1ccccc1)c1ccccc1)CCSC(c1ccccc1)(c1ccccc1)c1ccccc1. The summed E-state index contributed by atoms with van der Waals surface area (Å²) in [4.78, 5) is 28.8. The molecule has 292 valence electrons. The number of carbonyl (C=O) groups is 2. The van der Waals surface area contributed by atoms with E-state index >= 15 is 0 Å². The standard InChI is InChI=1S/C50H52N2O3S2/c1-48(2,3)55-47(54)51-35-34-46(53)52(36-38-56-49(40-22-10-4-11-23-40,41-24-12-5-13-25-41)42-26-14-6-15-27-42)37-39-57-50(43-28-16-7-17-29-43,44-30-18-8-19-31-44)45-32-20-9-21-33-45/h4-33H,34-39H2,1-3H3,(H,51,54). The zero-order chi connectivity index (χ0) is 40.0. The first-order valence-corrected chi connectivity index (χ1v) is 21.6. The van der Waals surface area contributed by atoms with E-state index in [1.165, 1.54) is 33.4 Å². The summed E-state index contributed by atoms with van der Waals surface area (Å²) in [5, 5.41) is 2.80. The number of benzene rings is 6. The summed E-state index contributed by atoms with van der Waals surface area (Å²) >= 11 is 3.70. The summed E-state index contributed by atoms with van der Waals surface area (Å²) in [6.07, 6.45) is -0.360. The number of nitrogens with one attached hydrogen (secondary N) is 1. The molecule has 7 heteroatoms. The van der Waals surface area contributed by atoms with Crippen LogP contribution in [0.4, 0.5) is 4.79 Å². The van der Waals surface area contributed by atoms with E-state index in [2.05, 4.69) is 187 Å². The van der Waals surface area contributed by atoms with Crippen molar-refractivity contribution in [2.24, 2.45) is 0 Å². The Morgan fingerprint density at radius 3 is 1.04 bits per heavy atom. The van der Waals surface area contributed by atoms with Gasteiger partial charge >= 0.3 is 6.09 Å². The fraction of sp³-hybridized carbons (Fsp3) is 0.240. The molecule has 0 aliphatic carbocycles. The molecule has 0 aliphatic rings. The molecule has 0 aromatic heterocycles. The van der Waals surface area contributed by atoms with Crippen molar-refractivity contribution in [2.45, 2.75) is 42.3 Å². The Balaban J connectivity index is 1.30. The highest BCUT2D eigenvalue weighted by atomic mass is 32.2. The first kappa shape index (κ1) is 41.4. The number of amides is 2. The Morgan fingerprint density at radius 1 is 0.491 bits per heavy atom. The van der Waals surface area contributed by atoms with Crippen molar-refractivity contribution in [1.29, 1.82) is 0 Å². The minimum absolute atomic E-state index is 0.0123. The molecule has 0 saturated heterocycles. The third-order valence-corrected chi connectivity index (χ3v) is 12.9. The van der Waals surface area contributed by atoms with Crippen molar-refractivity contribution in [3.8, 4) is 0 Å². The fourth-order valence-electron chi connectivity index (χ4n) is 7.26. The first-order valence-electron chi connectivity index (χ1n) is 19.6. The maximum absolute atomic E-state index is 14.3. The Labute approximate surface area is 347 Å². The number of hydrogen-bond acceptors (Lipinski definition) is 5. The molecule has 0 heterocycles. The fourth-order valence-corrected chi connectivity index (χ4v) is 10.3. The maximum atomic E-state index is 14.3. The molecule has 6 aromatic rings. The molecule has 57 heavy (non-hydrogen) atoms.